The van der Waals surface area contributed by atoms with E-state index in [2.05, 4.69) is 51.8 Å². The van der Waals surface area contributed by atoms with Crippen LogP contribution in [0.2, 0.25) is 0 Å². The fourth-order valence-electron chi connectivity index (χ4n) is 5.07. The predicted octanol–water partition coefficient (Wildman–Crippen LogP) is 11.7. The molecule has 0 heterocycles. The highest BCUT2D eigenvalue weighted by atomic mass is 15.0. The molecule has 0 aliphatic rings. The van der Waals surface area contributed by atoms with Gasteiger partial charge in [0.15, 0.2) is 0 Å². The van der Waals surface area contributed by atoms with Gasteiger partial charge in [-0.15, -0.1) is 0 Å². The van der Waals surface area contributed by atoms with Gasteiger partial charge in [-0.1, -0.05) is 174 Å². The van der Waals surface area contributed by atoms with Gasteiger partial charge in [0.1, 0.15) is 0 Å². The highest BCUT2D eigenvalue weighted by Crippen LogP contribution is 2.14. The third-order valence-corrected chi connectivity index (χ3v) is 7.67. The van der Waals surface area contributed by atoms with Crippen molar-refractivity contribution in [1.82, 2.24) is 9.80 Å². The number of rotatable bonds is 29. The second kappa shape index (κ2) is 35.9. The van der Waals surface area contributed by atoms with Gasteiger partial charge in [-0.2, -0.15) is 0 Å². The van der Waals surface area contributed by atoms with Gasteiger partial charge in [-0.3, -0.25) is 0 Å². The summed E-state index contributed by atoms with van der Waals surface area (Å²) in [5.74, 6) is 0. The van der Waals surface area contributed by atoms with Gasteiger partial charge < -0.3 is 9.80 Å². The molecule has 0 N–H and O–H groups in total. The van der Waals surface area contributed by atoms with Crippen molar-refractivity contribution in [3.05, 3.63) is 0 Å². The molecule has 0 spiro atoms. The van der Waals surface area contributed by atoms with Crippen molar-refractivity contribution in [2.24, 2.45) is 0 Å². The molecule has 0 bridgehead atoms. The first-order chi connectivity index (χ1) is 18.0. The Balaban J connectivity index is 0. The molecule has 0 unspecified atom stereocenters. The predicted molar refractivity (Wildman–Crippen MR) is 173 cm³/mol. The normalized spacial score (nSPS) is 11.4. The third kappa shape index (κ3) is 43.2. The molecule has 0 aliphatic heterocycles. The Bertz CT molecular complexity index is 366. The third-order valence-electron chi connectivity index (χ3n) is 7.67. The molecule has 0 rings (SSSR count). The molecule has 37 heavy (non-hydrogen) atoms. The van der Waals surface area contributed by atoms with E-state index in [0.717, 1.165) is 0 Å². The van der Waals surface area contributed by atoms with E-state index in [9.17, 15) is 0 Å². The zero-order chi connectivity index (χ0) is 27.7. The van der Waals surface area contributed by atoms with Crippen molar-refractivity contribution in [1.29, 1.82) is 0 Å². The first-order valence-electron chi connectivity index (χ1n) is 17.3. The van der Waals surface area contributed by atoms with Crippen molar-refractivity contribution in [3.8, 4) is 0 Å². The Hall–Kier alpha value is -0.0800. The van der Waals surface area contributed by atoms with E-state index in [-0.39, 0.29) is 0 Å². The van der Waals surface area contributed by atoms with Crippen LogP contribution in [0.4, 0.5) is 0 Å². The van der Waals surface area contributed by atoms with Crippen molar-refractivity contribution in [3.63, 3.8) is 0 Å². The van der Waals surface area contributed by atoms with Crippen LogP contribution in [0.15, 0.2) is 0 Å². The average molecular weight is 525 g/mol. The van der Waals surface area contributed by atoms with Gasteiger partial charge in [0, 0.05) is 0 Å². The van der Waals surface area contributed by atoms with E-state index < -0.39 is 0 Å². The monoisotopic (exact) mass is 525 g/mol. The highest BCUT2D eigenvalue weighted by Gasteiger charge is 1.96. The van der Waals surface area contributed by atoms with E-state index in [1.54, 1.807) is 0 Å². The maximum atomic E-state index is 2.29. The minimum absolute atomic E-state index is 1.26. The van der Waals surface area contributed by atoms with E-state index in [0.29, 0.717) is 0 Å². The van der Waals surface area contributed by atoms with Crippen LogP contribution in [0, 0.1) is 0 Å². The van der Waals surface area contributed by atoms with Crippen LogP contribution in [0.5, 0.6) is 0 Å². The zero-order valence-corrected chi connectivity index (χ0v) is 27.4. The number of hydrogen-bond acceptors (Lipinski definition) is 2. The maximum Gasteiger partial charge on any atom is -0.00248 e. The van der Waals surface area contributed by atoms with Crippen molar-refractivity contribution < 1.29 is 0 Å². The van der Waals surface area contributed by atoms with Gasteiger partial charge in [-0.05, 0) is 54.1 Å². The second-order valence-corrected chi connectivity index (χ2v) is 12.4. The van der Waals surface area contributed by atoms with E-state index in [4.69, 9.17) is 0 Å². The molecule has 0 fully saturated rings. The van der Waals surface area contributed by atoms with Crippen molar-refractivity contribution in [2.75, 3.05) is 41.3 Å². The molecule has 0 radical (unpaired) electrons. The SMILES string of the molecule is CCCCCCCCCCCCCCCCN(C)C.CCCCCCCCCCCCCCCN(C)C. The Labute approximate surface area is 238 Å². The van der Waals surface area contributed by atoms with E-state index >= 15 is 0 Å². The molecule has 0 amide bonds. The minimum Gasteiger partial charge on any atom is -0.309 e. The number of unbranched alkanes of at least 4 members (excludes halogenated alkanes) is 25. The van der Waals surface area contributed by atoms with Crippen LogP contribution in [0.3, 0.4) is 0 Å². The van der Waals surface area contributed by atoms with Crippen LogP contribution in [0.1, 0.15) is 187 Å². The standard InChI is InChI=1S/C18H39N.C17H37N/c1-4-5-6-7-8-9-10-11-12-13-14-15-16-17-18-19(2)3;1-4-5-6-7-8-9-10-11-12-13-14-15-16-17-18(2)3/h4-18H2,1-3H3;4-17H2,1-3H3. The van der Waals surface area contributed by atoms with Crippen molar-refractivity contribution >= 4 is 0 Å². The van der Waals surface area contributed by atoms with Gasteiger partial charge in [0.2, 0.25) is 0 Å². The Morgan fingerprint density at radius 3 is 0.568 bits per heavy atom. The van der Waals surface area contributed by atoms with E-state index in [1.165, 1.54) is 186 Å². The smallest absolute Gasteiger partial charge is 0.00248 e. The van der Waals surface area contributed by atoms with Crippen LogP contribution in [-0.4, -0.2) is 51.1 Å². The van der Waals surface area contributed by atoms with Gasteiger partial charge in [0.25, 0.3) is 0 Å². The van der Waals surface area contributed by atoms with Crippen LogP contribution < -0.4 is 0 Å². The highest BCUT2D eigenvalue weighted by molar-refractivity contribution is 4.51. The number of nitrogens with zero attached hydrogens (tertiary/aromatic N) is 2. The fourth-order valence-corrected chi connectivity index (χ4v) is 5.07. The van der Waals surface area contributed by atoms with Crippen LogP contribution in [-0.2, 0) is 0 Å². The summed E-state index contributed by atoms with van der Waals surface area (Å²) >= 11 is 0. The summed E-state index contributed by atoms with van der Waals surface area (Å²) in [5, 5.41) is 0. The lowest BCUT2D eigenvalue weighted by Gasteiger charge is -2.08. The summed E-state index contributed by atoms with van der Waals surface area (Å²) in [6, 6.07) is 0. The lowest BCUT2D eigenvalue weighted by molar-refractivity contribution is 0.389. The molecular formula is C35H76N2. The quantitative estimate of drug-likeness (QED) is 0.0897. The first-order valence-corrected chi connectivity index (χ1v) is 17.3. The summed E-state index contributed by atoms with van der Waals surface area (Å²) in [6.45, 7) is 7.11. The molecule has 226 valence electrons. The second-order valence-electron chi connectivity index (χ2n) is 12.4. The largest absolute Gasteiger partial charge is 0.309 e. The molecule has 0 saturated heterocycles. The summed E-state index contributed by atoms with van der Waals surface area (Å²) < 4.78 is 0. The van der Waals surface area contributed by atoms with Gasteiger partial charge in [0.05, 0.1) is 0 Å². The Kier molecular flexibility index (Phi) is 37.9. The maximum absolute atomic E-state index is 2.29. The molecule has 0 atom stereocenters. The topological polar surface area (TPSA) is 6.48 Å². The lowest BCUT2D eigenvalue weighted by Crippen LogP contribution is -2.12. The summed E-state index contributed by atoms with van der Waals surface area (Å²) in [7, 11) is 8.67. The fraction of sp³-hybridized carbons (Fsp3) is 1.00. The molecular weight excluding hydrogens is 448 g/mol. The molecule has 0 aromatic heterocycles. The summed E-state index contributed by atoms with van der Waals surface area (Å²) in [4.78, 5) is 4.58. The molecule has 2 nitrogen and oxygen atoms in total. The number of hydrogen-bond donors (Lipinski definition) is 0. The van der Waals surface area contributed by atoms with Crippen LogP contribution in [0.25, 0.3) is 0 Å². The minimum atomic E-state index is 1.26. The molecule has 2 heteroatoms. The Morgan fingerprint density at radius 2 is 0.405 bits per heavy atom. The summed E-state index contributed by atoms with van der Waals surface area (Å²) in [5.41, 5.74) is 0. The van der Waals surface area contributed by atoms with Gasteiger partial charge >= 0.3 is 0 Å². The molecule has 0 aromatic rings. The lowest BCUT2D eigenvalue weighted by atomic mass is 10.0. The molecule has 0 aromatic carbocycles. The molecule has 0 saturated carbocycles. The van der Waals surface area contributed by atoms with Crippen LogP contribution >= 0.6 is 0 Å². The van der Waals surface area contributed by atoms with E-state index in [1.807, 2.05) is 0 Å². The van der Waals surface area contributed by atoms with Gasteiger partial charge in [-0.25, -0.2) is 0 Å². The summed E-state index contributed by atoms with van der Waals surface area (Å²) in [6.07, 6.45) is 39.1. The van der Waals surface area contributed by atoms with Crippen molar-refractivity contribution in [2.45, 2.75) is 187 Å². The average Bonchev–Trinajstić information content (AvgIpc) is 2.87. The first kappa shape index (κ1) is 39.1. The zero-order valence-electron chi connectivity index (χ0n) is 27.4. The molecule has 0 aliphatic carbocycles. The Morgan fingerprint density at radius 1 is 0.243 bits per heavy atom.